The lowest BCUT2D eigenvalue weighted by Gasteiger charge is -2.02. The molecule has 21 heavy (non-hydrogen) atoms. The third-order valence-corrected chi connectivity index (χ3v) is 6.33. The first-order chi connectivity index (χ1) is 10.0. The van der Waals surface area contributed by atoms with Gasteiger partial charge in [0.25, 0.3) is 0 Å². The summed E-state index contributed by atoms with van der Waals surface area (Å²) in [6.45, 7) is 2.00. The molecule has 0 aliphatic heterocycles. The van der Waals surface area contributed by atoms with Gasteiger partial charge in [0, 0.05) is 12.3 Å². The van der Waals surface area contributed by atoms with Crippen molar-refractivity contribution in [2.75, 3.05) is 18.1 Å². The third-order valence-electron chi connectivity index (χ3n) is 2.56. The zero-order chi connectivity index (χ0) is 15.3. The van der Waals surface area contributed by atoms with Gasteiger partial charge >= 0.3 is 0 Å². The second kappa shape index (κ2) is 7.50. The highest BCUT2D eigenvalue weighted by Crippen LogP contribution is 2.23. The number of nitrogens with one attached hydrogen (secondary N) is 1. The van der Waals surface area contributed by atoms with E-state index in [9.17, 15) is 8.42 Å². The van der Waals surface area contributed by atoms with Crippen LogP contribution in [0.3, 0.4) is 0 Å². The van der Waals surface area contributed by atoms with Crippen LogP contribution in [0.15, 0.2) is 34.7 Å². The number of aromatic nitrogens is 2. The molecule has 0 amide bonds. The van der Waals surface area contributed by atoms with Gasteiger partial charge < -0.3 is 0 Å². The van der Waals surface area contributed by atoms with Crippen molar-refractivity contribution in [3.05, 3.63) is 34.3 Å². The van der Waals surface area contributed by atoms with E-state index in [1.165, 1.54) is 23.1 Å². The normalized spacial score (nSPS) is 11.7. The largest absolute Gasteiger partial charge is 0.214 e. The Morgan fingerprint density at radius 1 is 1.38 bits per heavy atom. The maximum atomic E-state index is 11.3. The van der Waals surface area contributed by atoms with E-state index in [0.717, 1.165) is 10.0 Å². The lowest BCUT2D eigenvalue weighted by Crippen LogP contribution is -2.27. The molecule has 1 aromatic carbocycles. The summed E-state index contributed by atoms with van der Waals surface area (Å²) in [5.41, 5.74) is 0.928. The van der Waals surface area contributed by atoms with Crippen LogP contribution in [0.2, 0.25) is 0 Å². The monoisotopic (exact) mass is 361 g/mol. The molecule has 1 heterocycles. The molecule has 0 bridgehead atoms. The van der Waals surface area contributed by atoms with Crippen molar-refractivity contribution in [3.8, 4) is 5.69 Å². The Labute approximate surface area is 137 Å². The van der Waals surface area contributed by atoms with E-state index in [2.05, 4.69) is 9.82 Å². The summed E-state index contributed by atoms with van der Waals surface area (Å²) in [7, 11) is -3.13. The molecule has 1 aromatic heterocycles. The van der Waals surface area contributed by atoms with Gasteiger partial charge in [-0.05, 0) is 31.3 Å². The molecular formula is C12H15N3O2S4. The van der Waals surface area contributed by atoms with Crippen LogP contribution in [-0.2, 0) is 10.0 Å². The van der Waals surface area contributed by atoms with Crippen LogP contribution < -0.4 is 4.72 Å². The lowest BCUT2D eigenvalue weighted by molar-refractivity contribution is 0.585. The smallest absolute Gasteiger partial charge is 0.211 e. The summed E-state index contributed by atoms with van der Waals surface area (Å²) in [4.78, 5) is 0. The predicted octanol–water partition coefficient (Wildman–Crippen LogP) is 2.69. The predicted molar refractivity (Wildman–Crippen MR) is 90.5 cm³/mol. The van der Waals surface area contributed by atoms with Gasteiger partial charge in [0.05, 0.1) is 11.4 Å². The number of rotatable bonds is 7. The molecule has 0 saturated carbocycles. The summed E-state index contributed by atoms with van der Waals surface area (Å²) in [6, 6.07) is 9.69. The van der Waals surface area contributed by atoms with E-state index in [4.69, 9.17) is 12.2 Å². The fourth-order valence-electron chi connectivity index (χ4n) is 1.49. The molecule has 0 saturated heterocycles. The summed E-state index contributed by atoms with van der Waals surface area (Å²) in [5.74, 6) is 0.718. The van der Waals surface area contributed by atoms with Crippen molar-refractivity contribution in [1.29, 1.82) is 0 Å². The molecule has 0 radical (unpaired) electrons. The van der Waals surface area contributed by atoms with E-state index in [-0.39, 0.29) is 5.75 Å². The fraction of sp³-hybridized carbons (Fsp3) is 0.333. The van der Waals surface area contributed by atoms with Crippen molar-refractivity contribution in [3.63, 3.8) is 0 Å². The molecule has 0 spiro atoms. The molecule has 1 N–H and O–H groups in total. The summed E-state index contributed by atoms with van der Waals surface area (Å²) in [5, 5.41) is 4.45. The molecule has 0 aliphatic carbocycles. The minimum atomic E-state index is -3.13. The van der Waals surface area contributed by atoms with Crippen molar-refractivity contribution in [2.24, 2.45) is 0 Å². The van der Waals surface area contributed by atoms with Gasteiger partial charge in [-0.2, -0.15) is 0 Å². The molecule has 0 unspecified atom stereocenters. The Bertz CT molecular complexity index is 737. The molecular weight excluding hydrogens is 346 g/mol. The first-order valence-corrected chi connectivity index (χ1v) is 10.1. The molecule has 0 fully saturated rings. The molecule has 2 aromatic rings. The average Bonchev–Trinajstić information content (AvgIpc) is 2.86. The summed E-state index contributed by atoms with van der Waals surface area (Å²) < 4.78 is 28.4. The van der Waals surface area contributed by atoms with Crippen molar-refractivity contribution in [2.45, 2.75) is 11.3 Å². The number of thioether (sulfide) groups is 1. The Morgan fingerprint density at radius 2 is 2.10 bits per heavy atom. The summed E-state index contributed by atoms with van der Waals surface area (Å²) in [6.07, 6.45) is 0. The van der Waals surface area contributed by atoms with E-state index in [0.29, 0.717) is 16.3 Å². The summed E-state index contributed by atoms with van der Waals surface area (Å²) >= 11 is 8.23. The van der Waals surface area contributed by atoms with Crippen LogP contribution in [-0.4, -0.2) is 36.2 Å². The van der Waals surface area contributed by atoms with Crippen LogP contribution in [0.5, 0.6) is 0 Å². The van der Waals surface area contributed by atoms with Gasteiger partial charge in [-0.25, -0.2) is 17.8 Å². The van der Waals surface area contributed by atoms with Crippen molar-refractivity contribution in [1.82, 2.24) is 14.5 Å². The first kappa shape index (κ1) is 16.6. The number of sulfonamides is 1. The second-order valence-corrected chi connectivity index (χ2v) is 9.09. The number of benzene rings is 1. The highest BCUT2D eigenvalue weighted by atomic mass is 32.2. The first-order valence-electron chi connectivity index (χ1n) is 6.27. The van der Waals surface area contributed by atoms with Crippen molar-refractivity contribution < 1.29 is 8.42 Å². The van der Waals surface area contributed by atoms with Gasteiger partial charge in [0.1, 0.15) is 0 Å². The molecule has 5 nitrogen and oxygen atoms in total. The van der Waals surface area contributed by atoms with Crippen LogP contribution in [0.1, 0.15) is 6.92 Å². The third kappa shape index (κ3) is 4.89. The zero-order valence-corrected chi connectivity index (χ0v) is 14.6. The fourth-order valence-corrected chi connectivity index (χ4v) is 4.52. The average molecular weight is 362 g/mol. The SMILES string of the molecule is CCS(=O)(=O)NCCSc1nn(-c2ccccc2)c(=S)s1. The number of para-hydroxylation sites is 1. The molecule has 0 aliphatic rings. The van der Waals surface area contributed by atoms with Crippen molar-refractivity contribution >= 4 is 45.3 Å². The number of nitrogens with zero attached hydrogens (tertiary/aromatic N) is 2. The Hall–Kier alpha value is -0.740. The molecule has 9 heteroatoms. The minimum Gasteiger partial charge on any atom is -0.214 e. The minimum absolute atomic E-state index is 0.0965. The quantitative estimate of drug-likeness (QED) is 0.467. The number of hydrogen-bond acceptors (Lipinski definition) is 6. The topological polar surface area (TPSA) is 64.0 Å². The van der Waals surface area contributed by atoms with Crippen LogP contribution in [0.25, 0.3) is 5.69 Å². The van der Waals surface area contributed by atoms with E-state index < -0.39 is 10.0 Å². The van der Waals surface area contributed by atoms with Crippen LogP contribution >= 0.6 is 35.3 Å². The van der Waals surface area contributed by atoms with Crippen LogP contribution in [0, 0.1) is 3.95 Å². The Kier molecular flexibility index (Phi) is 5.94. The van der Waals surface area contributed by atoms with E-state index in [1.807, 2.05) is 30.3 Å². The van der Waals surface area contributed by atoms with Gasteiger partial charge in [0.15, 0.2) is 8.29 Å². The molecule has 2 rings (SSSR count). The maximum Gasteiger partial charge on any atom is 0.211 e. The van der Waals surface area contributed by atoms with Gasteiger partial charge in [-0.1, -0.05) is 41.3 Å². The number of hydrogen-bond donors (Lipinski definition) is 1. The maximum absolute atomic E-state index is 11.3. The van der Waals surface area contributed by atoms with E-state index in [1.54, 1.807) is 11.6 Å². The lowest BCUT2D eigenvalue weighted by atomic mass is 10.3. The highest BCUT2D eigenvalue weighted by molar-refractivity contribution is 8.01. The Balaban J connectivity index is 1.96. The second-order valence-electron chi connectivity index (χ2n) is 4.03. The Morgan fingerprint density at radius 3 is 2.76 bits per heavy atom. The van der Waals surface area contributed by atoms with Gasteiger partial charge in [-0.15, -0.1) is 5.10 Å². The molecule has 114 valence electrons. The van der Waals surface area contributed by atoms with Crippen LogP contribution in [0.4, 0.5) is 0 Å². The standard InChI is InChI=1S/C12H15N3O2S4/c1-2-21(16,17)13-8-9-19-11-14-15(12(18)20-11)10-6-4-3-5-7-10/h3-7,13H,2,8-9H2,1H3. The van der Waals surface area contributed by atoms with E-state index >= 15 is 0 Å². The zero-order valence-electron chi connectivity index (χ0n) is 11.4. The van der Waals surface area contributed by atoms with Gasteiger partial charge in [0.2, 0.25) is 10.0 Å². The van der Waals surface area contributed by atoms with Gasteiger partial charge in [-0.3, -0.25) is 0 Å². The molecule has 0 atom stereocenters. The highest BCUT2D eigenvalue weighted by Gasteiger charge is 2.08.